The molecule has 1 saturated heterocycles. The van der Waals surface area contributed by atoms with Crippen LogP contribution in [0.4, 0.5) is 5.69 Å². The number of anilines is 1. The van der Waals surface area contributed by atoms with E-state index in [1.807, 2.05) is 0 Å². The van der Waals surface area contributed by atoms with Crippen LogP contribution in [0.1, 0.15) is 19.3 Å². The second-order valence-corrected chi connectivity index (χ2v) is 4.65. The number of hydrogen-bond acceptors (Lipinski definition) is 4. The van der Waals surface area contributed by atoms with Crippen LogP contribution in [0, 0.1) is 10.1 Å². The first-order valence-electron chi connectivity index (χ1n) is 6.60. The minimum atomic E-state index is -0.577. The average Bonchev–Trinajstić information content (AvgIpc) is 2.40. The van der Waals surface area contributed by atoms with Crippen molar-refractivity contribution in [1.82, 2.24) is 4.90 Å². The second-order valence-electron chi connectivity index (χ2n) is 4.65. The number of rotatable bonds is 6. The normalized spacial score (nSPS) is 16.0. The molecule has 104 valence electrons. The smallest absolute Gasteiger partial charge is 0.162 e. The summed E-state index contributed by atoms with van der Waals surface area (Å²) in [5, 5.41) is 9.77. The Hall–Kier alpha value is -1.82. The predicted molar refractivity (Wildman–Crippen MR) is 72.8 cm³/mol. The third-order valence-electron chi connectivity index (χ3n) is 3.18. The molecular weight excluding hydrogens is 246 g/mol. The Morgan fingerprint density at radius 3 is 2.84 bits per heavy atom. The molecule has 0 aliphatic carbocycles. The molecule has 0 radical (unpaired) electrons. The number of hydrazine groups is 1. The lowest BCUT2D eigenvalue weighted by Gasteiger charge is -2.26. The number of nitro groups is 1. The lowest BCUT2D eigenvalue weighted by Crippen LogP contribution is -2.33. The molecule has 1 aliphatic heterocycles. The number of ether oxygens (including phenoxy) is 1. The summed E-state index contributed by atoms with van der Waals surface area (Å²) in [6, 6.07) is 6.82. The first-order valence-corrected chi connectivity index (χ1v) is 6.60. The molecule has 6 nitrogen and oxygen atoms in total. The molecule has 0 atom stereocenters. The summed E-state index contributed by atoms with van der Waals surface area (Å²) < 4.78 is 5.63. The van der Waals surface area contributed by atoms with Crippen molar-refractivity contribution < 1.29 is 9.77 Å². The Balaban J connectivity index is 1.77. The van der Waals surface area contributed by atoms with Crippen molar-refractivity contribution in [2.45, 2.75) is 19.3 Å². The molecule has 1 heterocycles. The number of benzene rings is 1. The molecule has 1 aliphatic rings. The Kier molecular flexibility index (Phi) is 4.97. The van der Waals surface area contributed by atoms with Crippen LogP contribution < -0.4 is 10.2 Å². The minimum Gasteiger partial charge on any atom is -0.492 e. The summed E-state index contributed by atoms with van der Waals surface area (Å²) in [5.41, 5.74) is 2.55. The molecule has 0 amide bonds. The molecule has 0 aromatic heterocycles. The maximum Gasteiger partial charge on any atom is 0.162 e. The van der Waals surface area contributed by atoms with Crippen molar-refractivity contribution in [3.8, 4) is 5.75 Å². The number of nitrogens with zero attached hydrogens (tertiary/aromatic N) is 2. The van der Waals surface area contributed by atoms with Gasteiger partial charge in [0.2, 0.25) is 0 Å². The van der Waals surface area contributed by atoms with Crippen molar-refractivity contribution >= 4 is 5.69 Å². The highest BCUT2D eigenvalue weighted by Crippen LogP contribution is 2.17. The van der Waals surface area contributed by atoms with Crippen LogP contribution in [0.25, 0.3) is 0 Å². The SMILES string of the molecule is O=[N+]([O-])Nc1cccc(OCCN2CCCCC2)c1. The standard InChI is InChI=1S/C13H19N3O3/c17-16(18)14-12-5-4-6-13(11-12)19-10-9-15-7-2-1-3-8-15/h4-6,11,14H,1-3,7-10H2. The number of nitrogens with one attached hydrogen (secondary N) is 1. The van der Waals surface area contributed by atoms with Crippen molar-refractivity contribution in [2.24, 2.45) is 0 Å². The van der Waals surface area contributed by atoms with Crippen LogP contribution in [-0.2, 0) is 0 Å². The fraction of sp³-hybridized carbons (Fsp3) is 0.538. The molecule has 1 fully saturated rings. The van der Waals surface area contributed by atoms with Gasteiger partial charge in [-0.2, -0.15) is 0 Å². The Labute approximate surface area is 112 Å². The van der Waals surface area contributed by atoms with E-state index in [-0.39, 0.29) is 0 Å². The van der Waals surface area contributed by atoms with Gasteiger partial charge >= 0.3 is 0 Å². The highest BCUT2D eigenvalue weighted by atomic mass is 16.7. The molecule has 0 spiro atoms. The van der Waals surface area contributed by atoms with Gasteiger partial charge in [0.05, 0.1) is 0 Å². The summed E-state index contributed by atoms with van der Waals surface area (Å²) >= 11 is 0. The van der Waals surface area contributed by atoms with Crippen molar-refractivity contribution in [2.75, 3.05) is 31.7 Å². The summed E-state index contributed by atoms with van der Waals surface area (Å²) in [4.78, 5) is 12.7. The van der Waals surface area contributed by atoms with Crippen LogP contribution in [0.3, 0.4) is 0 Å². The summed E-state index contributed by atoms with van der Waals surface area (Å²) in [7, 11) is 0. The minimum absolute atomic E-state index is 0.431. The van der Waals surface area contributed by atoms with Gasteiger partial charge in [-0.15, -0.1) is 5.43 Å². The molecule has 0 unspecified atom stereocenters. The molecule has 0 bridgehead atoms. The molecule has 2 rings (SSSR count). The van der Waals surface area contributed by atoms with Gasteiger partial charge in [-0.25, -0.2) is 10.1 Å². The highest BCUT2D eigenvalue weighted by Gasteiger charge is 2.09. The van der Waals surface area contributed by atoms with Gasteiger partial charge in [-0.3, -0.25) is 4.90 Å². The Morgan fingerprint density at radius 1 is 1.32 bits per heavy atom. The van der Waals surface area contributed by atoms with Crippen LogP contribution in [-0.4, -0.2) is 36.2 Å². The van der Waals surface area contributed by atoms with Crippen LogP contribution in [0.5, 0.6) is 5.75 Å². The van der Waals surface area contributed by atoms with E-state index in [4.69, 9.17) is 4.74 Å². The molecule has 19 heavy (non-hydrogen) atoms. The number of hydrogen-bond donors (Lipinski definition) is 1. The predicted octanol–water partition coefficient (Wildman–Crippen LogP) is 2.15. The van der Waals surface area contributed by atoms with Crippen molar-refractivity contribution in [3.05, 3.63) is 34.4 Å². The maximum absolute atomic E-state index is 10.3. The van der Waals surface area contributed by atoms with Gasteiger partial charge < -0.3 is 4.74 Å². The van der Waals surface area contributed by atoms with E-state index in [2.05, 4.69) is 10.3 Å². The van der Waals surface area contributed by atoms with E-state index in [9.17, 15) is 10.1 Å². The zero-order valence-corrected chi connectivity index (χ0v) is 10.9. The lowest BCUT2D eigenvalue weighted by atomic mass is 10.1. The summed E-state index contributed by atoms with van der Waals surface area (Å²) in [6.45, 7) is 3.81. The first kappa shape index (κ1) is 13.6. The largest absolute Gasteiger partial charge is 0.492 e. The zero-order chi connectivity index (χ0) is 13.5. The Morgan fingerprint density at radius 2 is 2.11 bits per heavy atom. The van der Waals surface area contributed by atoms with Gasteiger partial charge in [-0.05, 0) is 38.1 Å². The van der Waals surface area contributed by atoms with Crippen LogP contribution >= 0.6 is 0 Å². The summed E-state index contributed by atoms with van der Waals surface area (Å²) in [5.74, 6) is 0.656. The zero-order valence-electron chi connectivity index (χ0n) is 10.9. The number of piperidine rings is 1. The molecule has 6 heteroatoms. The van der Waals surface area contributed by atoms with Gasteiger partial charge in [0, 0.05) is 12.6 Å². The highest BCUT2D eigenvalue weighted by molar-refractivity contribution is 5.46. The first-order chi connectivity index (χ1) is 9.24. The van der Waals surface area contributed by atoms with Crippen LogP contribution in [0.15, 0.2) is 24.3 Å². The molecule has 0 saturated carbocycles. The van der Waals surface area contributed by atoms with E-state index < -0.39 is 5.03 Å². The lowest BCUT2D eigenvalue weighted by molar-refractivity contribution is -0.445. The van der Waals surface area contributed by atoms with E-state index in [0.29, 0.717) is 18.0 Å². The number of likely N-dealkylation sites (tertiary alicyclic amines) is 1. The third-order valence-corrected chi connectivity index (χ3v) is 3.18. The quantitative estimate of drug-likeness (QED) is 0.630. The monoisotopic (exact) mass is 265 g/mol. The topological polar surface area (TPSA) is 67.6 Å². The van der Waals surface area contributed by atoms with Gasteiger partial charge in [-0.1, -0.05) is 12.5 Å². The molecule has 1 aromatic carbocycles. The Bertz CT molecular complexity index is 419. The maximum atomic E-state index is 10.3. The molecule has 1 N–H and O–H groups in total. The fourth-order valence-electron chi connectivity index (χ4n) is 2.24. The second kappa shape index (κ2) is 6.94. The van der Waals surface area contributed by atoms with E-state index >= 15 is 0 Å². The van der Waals surface area contributed by atoms with E-state index in [0.717, 1.165) is 19.6 Å². The van der Waals surface area contributed by atoms with Crippen LogP contribution in [0.2, 0.25) is 0 Å². The van der Waals surface area contributed by atoms with E-state index in [1.165, 1.54) is 19.3 Å². The van der Waals surface area contributed by atoms with Crippen molar-refractivity contribution in [1.29, 1.82) is 0 Å². The molecular formula is C13H19N3O3. The fourth-order valence-corrected chi connectivity index (χ4v) is 2.24. The van der Waals surface area contributed by atoms with Gasteiger partial charge in [0.1, 0.15) is 18.0 Å². The molecule has 1 aromatic rings. The van der Waals surface area contributed by atoms with Crippen molar-refractivity contribution in [3.63, 3.8) is 0 Å². The summed E-state index contributed by atoms with van der Waals surface area (Å²) in [6.07, 6.45) is 3.86. The van der Waals surface area contributed by atoms with Gasteiger partial charge in [0.15, 0.2) is 5.03 Å². The van der Waals surface area contributed by atoms with E-state index in [1.54, 1.807) is 24.3 Å². The average molecular weight is 265 g/mol. The van der Waals surface area contributed by atoms with Gasteiger partial charge in [0.25, 0.3) is 0 Å². The third kappa shape index (κ3) is 4.75.